The second kappa shape index (κ2) is 5.35. The fourth-order valence-corrected chi connectivity index (χ4v) is 2.13. The number of carbonyl (C=O) groups is 1. The van der Waals surface area contributed by atoms with Crippen LogP contribution in [0.2, 0.25) is 0 Å². The van der Waals surface area contributed by atoms with E-state index in [4.69, 9.17) is 5.11 Å². The maximum Gasteiger partial charge on any atom is 0.335 e. The number of aromatic nitrogens is 1. The largest absolute Gasteiger partial charge is 0.478 e. The Hall–Kier alpha value is -1.62. The van der Waals surface area contributed by atoms with Crippen molar-refractivity contribution in [3.05, 3.63) is 23.4 Å². The van der Waals surface area contributed by atoms with Crippen molar-refractivity contribution in [1.82, 2.24) is 4.98 Å². The maximum atomic E-state index is 11.1. The highest BCUT2D eigenvalue weighted by Crippen LogP contribution is 2.20. The summed E-state index contributed by atoms with van der Waals surface area (Å²) >= 11 is 0. The monoisotopic (exact) mass is 250 g/mol. The van der Waals surface area contributed by atoms with Crippen LogP contribution in [0.15, 0.2) is 12.1 Å². The van der Waals surface area contributed by atoms with Crippen LogP contribution in [0, 0.1) is 0 Å². The van der Waals surface area contributed by atoms with Gasteiger partial charge >= 0.3 is 5.97 Å². The molecule has 0 atom stereocenters. The van der Waals surface area contributed by atoms with Crippen LogP contribution in [0.25, 0.3) is 0 Å². The number of aromatic carboxylic acids is 1. The number of pyridine rings is 1. The molecule has 0 radical (unpaired) electrons. The number of nitrogens with zero attached hydrogens (tertiary/aromatic N) is 2. The molecule has 0 aromatic carbocycles. The van der Waals surface area contributed by atoms with Gasteiger partial charge in [0, 0.05) is 18.8 Å². The number of carboxylic acids is 1. The van der Waals surface area contributed by atoms with Crippen LogP contribution in [0.4, 0.5) is 5.82 Å². The fourth-order valence-electron chi connectivity index (χ4n) is 2.13. The normalized spacial score (nSPS) is 16.9. The number of aryl methyl sites for hydroxylation is 1. The number of anilines is 1. The third kappa shape index (κ3) is 2.79. The van der Waals surface area contributed by atoms with Crippen molar-refractivity contribution < 1.29 is 15.0 Å². The van der Waals surface area contributed by atoms with Crippen molar-refractivity contribution in [2.45, 2.75) is 32.3 Å². The molecule has 0 spiro atoms. The zero-order chi connectivity index (χ0) is 13.1. The van der Waals surface area contributed by atoms with Crippen LogP contribution in [0.5, 0.6) is 0 Å². The molecule has 0 bridgehead atoms. The molecule has 1 aromatic rings. The molecular formula is C13H18N2O3. The minimum absolute atomic E-state index is 0.241. The number of hydrogen-bond donors (Lipinski definition) is 2. The Morgan fingerprint density at radius 1 is 1.44 bits per heavy atom. The first-order valence-electron chi connectivity index (χ1n) is 6.27. The quantitative estimate of drug-likeness (QED) is 0.846. The van der Waals surface area contributed by atoms with Crippen molar-refractivity contribution in [2.75, 3.05) is 18.0 Å². The summed E-state index contributed by atoms with van der Waals surface area (Å²) in [6.45, 7) is 3.40. The molecule has 1 fully saturated rings. The van der Waals surface area contributed by atoms with Crippen LogP contribution in [0.1, 0.15) is 35.8 Å². The Morgan fingerprint density at radius 2 is 2.11 bits per heavy atom. The Bertz CT molecular complexity index is 440. The van der Waals surface area contributed by atoms with Gasteiger partial charge < -0.3 is 15.1 Å². The number of hydrogen-bond acceptors (Lipinski definition) is 4. The standard InChI is InChI=1S/C13H18N2O3/c1-2-10-7-9(13(17)18)8-12(14-10)15-5-3-11(16)4-6-15/h7-8,11,16H,2-6H2,1H3,(H,17,18). The van der Waals surface area contributed by atoms with Crippen molar-refractivity contribution >= 4 is 11.8 Å². The Balaban J connectivity index is 2.26. The van der Waals surface area contributed by atoms with E-state index in [1.807, 2.05) is 11.8 Å². The number of piperidine rings is 1. The van der Waals surface area contributed by atoms with Gasteiger partial charge in [0.15, 0.2) is 0 Å². The lowest BCUT2D eigenvalue weighted by atomic mass is 10.1. The molecule has 1 aliphatic rings. The van der Waals surface area contributed by atoms with Gasteiger partial charge in [-0.1, -0.05) is 6.92 Å². The van der Waals surface area contributed by atoms with Crippen molar-refractivity contribution in [1.29, 1.82) is 0 Å². The molecule has 1 saturated heterocycles. The molecule has 1 aromatic heterocycles. The van der Waals surface area contributed by atoms with Crippen molar-refractivity contribution in [2.24, 2.45) is 0 Å². The molecule has 2 N–H and O–H groups in total. The molecule has 2 heterocycles. The zero-order valence-corrected chi connectivity index (χ0v) is 10.5. The summed E-state index contributed by atoms with van der Waals surface area (Å²) in [7, 11) is 0. The highest BCUT2D eigenvalue weighted by molar-refractivity contribution is 5.88. The highest BCUT2D eigenvalue weighted by Gasteiger charge is 2.19. The Morgan fingerprint density at radius 3 is 2.67 bits per heavy atom. The number of aliphatic hydroxyl groups is 1. The average Bonchev–Trinajstić information content (AvgIpc) is 2.39. The first-order valence-corrected chi connectivity index (χ1v) is 6.27. The van der Waals surface area contributed by atoms with E-state index in [2.05, 4.69) is 4.98 Å². The lowest BCUT2D eigenvalue weighted by Crippen LogP contribution is -2.36. The van der Waals surface area contributed by atoms with E-state index in [0.717, 1.165) is 18.8 Å². The van der Waals surface area contributed by atoms with E-state index in [1.165, 1.54) is 0 Å². The van der Waals surface area contributed by atoms with Gasteiger partial charge in [-0.2, -0.15) is 0 Å². The lowest BCUT2D eigenvalue weighted by Gasteiger charge is -2.30. The van der Waals surface area contributed by atoms with Gasteiger partial charge in [-0.15, -0.1) is 0 Å². The van der Waals surface area contributed by atoms with E-state index < -0.39 is 5.97 Å². The van der Waals surface area contributed by atoms with E-state index in [-0.39, 0.29) is 11.7 Å². The molecule has 1 aliphatic heterocycles. The first kappa shape index (κ1) is 12.8. The summed E-state index contributed by atoms with van der Waals surface area (Å²) in [4.78, 5) is 17.6. The summed E-state index contributed by atoms with van der Waals surface area (Å²) in [6, 6.07) is 3.23. The van der Waals surface area contributed by atoms with E-state index in [0.29, 0.717) is 25.1 Å². The van der Waals surface area contributed by atoms with Gasteiger partial charge in [0.1, 0.15) is 5.82 Å². The van der Waals surface area contributed by atoms with Gasteiger partial charge in [0.25, 0.3) is 0 Å². The number of rotatable bonds is 3. The average molecular weight is 250 g/mol. The minimum atomic E-state index is -0.926. The van der Waals surface area contributed by atoms with E-state index >= 15 is 0 Å². The zero-order valence-electron chi connectivity index (χ0n) is 10.5. The van der Waals surface area contributed by atoms with Gasteiger partial charge in [-0.25, -0.2) is 9.78 Å². The van der Waals surface area contributed by atoms with Gasteiger partial charge in [0.05, 0.1) is 11.7 Å². The number of aliphatic hydroxyl groups excluding tert-OH is 1. The smallest absolute Gasteiger partial charge is 0.335 e. The molecule has 2 rings (SSSR count). The Labute approximate surface area is 106 Å². The van der Waals surface area contributed by atoms with Gasteiger partial charge in [0.2, 0.25) is 0 Å². The van der Waals surface area contributed by atoms with Gasteiger partial charge in [-0.3, -0.25) is 0 Å². The second-order valence-corrected chi connectivity index (χ2v) is 4.58. The first-order chi connectivity index (χ1) is 8.60. The fraction of sp³-hybridized carbons (Fsp3) is 0.538. The molecule has 0 saturated carbocycles. The molecule has 0 amide bonds. The van der Waals surface area contributed by atoms with Crippen LogP contribution >= 0.6 is 0 Å². The molecule has 5 nitrogen and oxygen atoms in total. The van der Waals surface area contributed by atoms with Crippen LogP contribution in [-0.4, -0.2) is 40.4 Å². The predicted molar refractivity (Wildman–Crippen MR) is 68.0 cm³/mol. The summed E-state index contributed by atoms with van der Waals surface area (Å²) in [5.74, 6) is -0.218. The molecule has 5 heteroatoms. The van der Waals surface area contributed by atoms with Crippen LogP contribution in [0.3, 0.4) is 0 Å². The molecule has 98 valence electrons. The second-order valence-electron chi connectivity index (χ2n) is 4.58. The number of carboxylic acid groups (broad SMARTS) is 1. The van der Waals surface area contributed by atoms with Gasteiger partial charge in [-0.05, 0) is 31.4 Å². The summed E-state index contributed by atoms with van der Waals surface area (Å²) in [5.41, 5.74) is 1.07. The van der Waals surface area contributed by atoms with E-state index in [1.54, 1.807) is 12.1 Å². The van der Waals surface area contributed by atoms with Crippen LogP contribution < -0.4 is 4.90 Å². The SMILES string of the molecule is CCc1cc(C(=O)O)cc(N2CCC(O)CC2)n1. The molecule has 0 unspecified atom stereocenters. The topological polar surface area (TPSA) is 73.7 Å². The van der Waals surface area contributed by atoms with Crippen molar-refractivity contribution in [3.8, 4) is 0 Å². The third-order valence-electron chi connectivity index (χ3n) is 3.26. The predicted octanol–water partition coefficient (Wildman–Crippen LogP) is 1.30. The molecular weight excluding hydrogens is 232 g/mol. The minimum Gasteiger partial charge on any atom is -0.478 e. The van der Waals surface area contributed by atoms with Crippen molar-refractivity contribution in [3.63, 3.8) is 0 Å². The van der Waals surface area contributed by atoms with E-state index in [9.17, 15) is 9.90 Å². The van der Waals surface area contributed by atoms with Crippen LogP contribution in [-0.2, 0) is 6.42 Å². The summed E-state index contributed by atoms with van der Waals surface area (Å²) in [6.07, 6.45) is 1.89. The summed E-state index contributed by atoms with van der Waals surface area (Å²) < 4.78 is 0. The lowest BCUT2D eigenvalue weighted by molar-refractivity contribution is 0.0696. The third-order valence-corrected chi connectivity index (χ3v) is 3.26. The molecule has 0 aliphatic carbocycles. The maximum absolute atomic E-state index is 11.1. The Kier molecular flexibility index (Phi) is 3.81. The highest BCUT2D eigenvalue weighted by atomic mass is 16.4. The molecule has 18 heavy (non-hydrogen) atoms. The summed E-state index contributed by atoms with van der Waals surface area (Å²) in [5, 5.41) is 18.6.